The van der Waals surface area contributed by atoms with Crippen LogP contribution in [0.5, 0.6) is 0 Å². The van der Waals surface area contributed by atoms with Gasteiger partial charge in [-0.1, -0.05) is 12.1 Å². The van der Waals surface area contributed by atoms with Crippen molar-refractivity contribution in [3.8, 4) is 0 Å². The largest absolute Gasteiger partial charge is 0.389 e. The zero-order chi connectivity index (χ0) is 11.6. The second kappa shape index (κ2) is 5.02. The standard InChI is InChI=1S/C13H17IO2/c1-10-8-13(15,6-7-16-10)9-11-2-4-12(14)5-3-11/h2-5,10,15H,6-9H2,1H3. The SMILES string of the molecule is CC1CC(O)(Cc2ccc(I)cc2)CCO1. The second-order valence-electron chi connectivity index (χ2n) is 4.66. The number of halogens is 1. The molecule has 2 rings (SSSR count). The monoisotopic (exact) mass is 332 g/mol. The summed E-state index contributed by atoms with van der Waals surface area (Å²) in [5.41, 5.74) is 0.627. The maximum Gasteiger partial charge on any atom is 0.0734 e. The average Bonchev–Trinajstić information content (AvgIpc) is 2.21. The van der Waals surface area contributed by atoms with Crippen LogP contribution in [-0.2, 0) is 11.2 Å². The van der Waals surface area contributed by atoms with Gasteiger partial charge in [-0.15, -0.1) is 0 Å². The van der Waals surface area contributed by atoms with Crippen molar-refractivity contribution in [3.05, 3.63) is 33.4 Å². The molecule has 1 saturated heterocycles. The minimum atomic E-state index is -0.579. The summed E-state index contributed by atoms with van der Waals surface area (Å²) in [6, 6.07) is 8.36. The van der Waals surface area contributed by atoms with E-state index in [1.807, 2.05) is 6.92 Å². The maximum absolute atomic E-state index is 10.5. The summed E-state index contributed by atoms with van der Waals surface area (Å²) >= 11 is 2.29. The number of hydrogen-bond acceptors (Lipinski definition) is 2. The Morgan fingerprint density at radius 1 is 1.44 bits per heavy atom. The van der Waals surface area contributed by atoms with Gasteiger partial charge < -0.3 is 9.84 Å². The third-order valence-electron chi connectivity index (χ3n) is 3.08. The van der Waals surface area contributed by atoms with Gasteiger partial charge in [0.1, 0.15) is 0 Å². The molecule has 0 aliphatic carbocycles. The molecule has 0 aromatic heterocycles. The Morgan fingerprint density at radius 3 is 2.75 bits per heavy atom. The highest BCUT2D eigenvalue weighted by atomic mass is 127. The fraction of sp³-hybridized carbons (Fsp3) is 0.538. The molecule has 3 heteroatoms. The first-order chi connectivity index (χ1) is 7.57. The van der Waals surface area contributed by atoms with Crippen LogP contribution >= 0.6 is 22.6 Å². The predicted octanol–water partition coefficient (Wildman–Crippen LogP) is 2.76. The van der Waals surface area contributed by atoms with Crippen LogP contribution < -0.4 is 0 Å². The molecule has 1 fully saturated rings. The van der Waals surface area contributed by atoms with E-state index in [9.17, 15) is 5.11 Å². The summed E-state index contributed by atoms with van der Waals surface area (Å²) in [6.45, 7) is 2.69. The Labute approximate surface area is 110 Å². The minimum absolute atomic E-state index is 0.169. The highest BCUT2D eigenvalue weighted by Gasteiger charge is 2.33. The van der Waals surface area contributed by atoms with Crippen LogP contribution in [0.1, 0.15) is 25.3 Å². The molecule has 1 aromatic carbocycles. The van der Waals surface area contributed by atoms with Gasteiger partial charge in [-0.3, -0.25) is 0 Å². The topological polar surface area (TPSA) is 29.5 Å². The van der Waals surface area contributed by atoms with E-state index in [0.29, 0.717) is 6.61 Å². The van der Waals surface area contributed by atoms with Crippen molar-refractivity contribution >= 4 is 22.6 Å². The Morgan fingerprint density at radius 2 is 2.12 bits per heavy atom. The molecule has 0 bridgehead atoms. The lowest BCUT2D eigenvalue weighted by Crippen LogP contribution is -2.41. The summed E-state index contributed by atoms with van der Waals surface area (Å²) < 4.78 is 6.70. The van der Waals surface area contributed by atoms with Crippen molar-refractivity contribution in [3.63, 3.8) is 0 Å². The fourth-order valence-corrected chi connectivity index (χ4v) is 2.65. The third kappa shape index (κ3) is 3.18. The van der Waals surface area contributed by atoms with E-state index in [4.69, 9.17) is 4.74 Å². The molecule has 1 heterocycles. The zero-order valence-electron chi connectivity index (χ0n) is 9.45. The molecule has 16 heavy (non-hydrogen) atoms. The van der Waals surface area contributed by atoms with Crippen molar-refractivity contribution < 1.29 is 9.84 Å². The molecule has 88 valence electrons. The maximum atomic E-state index is 10.5. The van der Waals surface area contributed by atoms with Gasteiger partial charge in [0.05, 0.1) is 11.7 Å². The average molecular weight is 332 g/mol. The van der Waals surface area contributed by atoms with Gasteiger partial charge in [0.2, 0.25) is 0 Å². The van der Waals surface area contributed by atoms with E-state index >= 15 is 0 Å². The Balaban J connectivity index is 2.05. The van der Waals surface area contributed by atoms with E-state index in [2.05, 4.69) is 46.9 Å². The van der Waals surface area contributed by atoms with E-state index in [1.165, 1.54) is 9.13 Å². The molecule has 2 atom stereocenters. The molecule has 2 unspecified atom stereocenters. The summed E-state index contributed by atoms with van der Waals surface area (Å²) in [4.78, 5) is 0. The molecule has 2 nitrogen and oxygen atoms in total. The molecule has 0 amide bonds. The van der Waals surface area contributed by atoms with Crippen LogP contribution in [0.3, 0.4) is 0 Å². The first-order valence-electron chi connectivity index (χ1n) is 5.66. The van der Waals surface area contributed by atoms with Gasteiger partial charge in [-0.2, -0.15) is 0 Å². The van der Waals surface area contributed by atoms with E-state index in [1.54, 1.807) is 0 Å². The Kier molecular flexibility index (Phi) is 3.87. The normalized spacial score (nSPS) is 30.3. The summed E-state index contributed by atoms with van der Waals surface area (Å²) in [5, 5.41) is 10.5. The second-order valence-corrected chi connectivity index (χ2v) is 5.91. The number of hydrogen-bond donors (Lipinski definition) is 1. The highest BCUT2D eigenvalue weighted by Crippen LogP contribution is 2.28. The van der Waals surface area contributed by atoms with E-state index in [0.717, 1.165) is 19.3 Å². The van der Waals surface area contributed by atoms with Crippen molar-refractivity contribution in [2.45, 2.75) is 37.9 Å². The Bertz CT molecular complexity index is 349. The van der Waals surface area contributed by atoms with Crippen LogP contribution in [0, 0.1) is 3.57 Å². The molecule has 1 N–H and O–H groups in total. The first-order valence-corrected chi connectivity index (χ1v) is 6.74. The number of ether oxygens (including phenoxy) is 1. The van der Waals surface area contributed by atoms with Gasteiger partial charge in [0.15, 0.2) is 0 Å². The zero-order valence-corrected chi connectivity index (χ0v) is 11.6. The van der Waals surface area contributed by atoms with Gasteiger partial charge >= 0.3 is 0 Å². The van der Waals surface area contributed by atoms with Crippen LogP contribution in [0.4, 0.5) is 0 Å². The molecule has 0 spiro atoms. The van der Waals surface area contributed by atoms with E-state index in [-0.39, 0.29) is 6.10 Å². The van der Waals surface area contributed by atoms with Gasteiger partial charge in [0.25, 0.3) is 0 Å². The first kappa shape index (κ1) is 12.3. The quantitative estimate of drug-likeness (QED) is 0.844. The van der Waals surface area contributed by atoms with Crippen LogP contribution in [0.2, 0.25) is 0 Å². The fourth-order valence-electron chi connectivity index (χ4n) is 2.29. The Hall–Kier alpha value is -0.130. The molecule has 1 aromatic rings. The third-order valence-corrected chi connectivity index (χ3v) is 3.80. The number of rotatable bonds is 2. The lowest BCUT2D eigenvalue weighted by Gasteiger charge is -2.35. The van der Waals surface area contributed by atoms with Gasteiger partial charge in [-0.05, 0) is 53.6 Å². The molecular weight excluding hydrogens is 315 g/mol. The van der Waals surface area contributed by atoms with Gasteiger partial charge in [-0.25, -0.2) is 0 Å². The molecule has 0 saturated carbocycles. The van der Waals surface area contributed by atoms with Crippen molar-refractivity contribution in [1.29, 1.82) is 0 Å². The summed E-state index contributed by atoms with van der Waals surface area (Å²) in [7, 11) is 0. The highest BCUT2D eigenvalue weighted by molar-refractivity contribution is 14.1. The van der Waals surface area contributed by atoms with Crippen LogP contribution in [-0.4, -0.2) is 23.4 Å². The van der Waals surface area contributed by atoms with E-state index < -0.39 is 5.60 Å². The smallest absolute Gasteiger partial charge is 0.0734 e. The lowest BCUT2D eigenvalue weighted by molar-refractivity contribution is -0.0961. The van der Waals surface area contributed by atoms with Crippen molar-refractivity contribution in [1.82, 2.24) is 0 Å². The van der Waals surface area contributed by atoms with Crippen molar-refractivity contribution in [2.24, 2.45) is 0 Å². The van der Waals surface area contributed by atoms with Crippen LogP contribution in [0.15, 0.2) is 24.3 Å². The summed E-state index contributed by atoms with van der Waals surface area (Å²) in [6.07, 6.45) is 2.38. The number of benzene rings is 1. The predicted molar refractivity (Wildman–Crippen MR) is 72.5 cm³/mol. The molecule has 1 aliphatic rings. The molecule has 1 aliphatic heterocycles. The molecule has 0 radical (unpaired) electrons. The van der Waals surface area contributed by atoms with Crippen LogP contribution in [0.25, 0.3) is 0 Å². The summed E-state index contributed by atoms with van der Waals surface area (Å²) in [5.74, 6) is 0. The van der Waals surface area contributed by atoms with Gasteiger partial charge in [0, 0.05) is 23.0 Å². The minimum Gasteiger partial charge on any atom is -0.389 e. The number of aliphatic hydroxyl groups is 1. The molecular formula is C13H17IO2. The van der Waals surface area contributed by atoms with Crippen molar-refractivity contribution in [2.75, 3.05) is 6.61 Å². The lowest BCUT2D eigenvalue weighted by atomic mass is 9.85.